The van der Waals surface area contributed by atoms with E-state index >= 15 is 0 Å². The van der Waals surface area contributed by atoms with Gasteiger partial charge in [0.25, 0.3) is 0 Å². The van der Waals surface area contributed by atoms with E-state index in [2.05, 4.69) is 27.7 Å². The Hall–Kier alpha value is 0.140. The van der Waals surface area contributed by atoms with Gasteiger partial charge in [-0.2, -0.15) is 0 Å². The summed E-state index contributed by atoms with van der Waals surface area (Å²) in [6.45, 7) is 8.98. The molecule has 20 heavy (non-hydrogen) atoms. The Bertz CT molecular complexity index is 328. The summed E-state index contributed by atoms with van der Waals surface area (Å²) in [5.41, 5.74) is 0. The Balaban J connectivity index is 4.33. The van der Waals surface area contributed by atoms with Crippen molar-refractivity contribution in [1.29, 1.82) is 0 Å². The van der Waals surface area contributed by atoms with Crippen LogP contribution in [0.25, 0.3) is 0 Å². The average Bonchev–Trinajstić information content (AvgIpc) is 2.35. The number of hydrogen-bond acceptors (Lipinski definition) is 4. The summed E-state index contributed by atoms with van der Waals surface area (Å²) in [5.74, 6) is 0.0296. The second-order valence-corrected chi connectivity index (χ2v) is 7.42. The van der Waals surface area contributed by atoms with Crippen LogP contribution in [0.2, 0.25) is 0 Å². The fourth-order valence-corrected chi connectivity index (χ4v) is 1.83. The minimum Gasteiger partial charge on any atom is -0.462 e. The third-order valence-corrected chi connectivity index (χ3v) is 5.40. The van der Waals surface area contributed by atoms with Crippen molar-refractivity contribution in [3.05, 3.63) is 7.16 Å². The minimum atomic E-state index is -0.462. The summed E-state index contributed by atoms with van der Waals surface area (Å²) in [6, 6.07) is 0. The van der Waals surface area contributed by atoms with E-state index in [4.69, 9.17) is 9.47 Å². The van der Waals surface area contributed by atoms with E-state index in [1.54, 1.807) is 0 Å². The van der Waals surface area contributed by atoms with Gasteiger partial charge >= 0.3 is 11.9 Å². The molecule has 0 saturated heterocycles. The van der Waals surface area contributed by atoms with E-state index in [1.165, 1.54) is 0 Å². The average molecular weight is 508 g/mol. The van der Waals surface area contributed by atoms with E-state index in [-0.39, 0.29) is 7.16 Å². The fourth-order valence-electron chi connectivity index (χ4n) is 1.08. The van der Waals surface area contributed by atoms with Crippen LogP contribution in [0.15, 0.2) is 7.16 Å². The lowest BCUT2D eigenvalue weighted by Crippen LogP contribution is -2.13. The maximum absolute atomic E-state index is 11.8. The van der Waals surface area contributed by atoms with Crippen LogP contribution in [-0.4, -0.2) is 25.2 Å². The van der Waals surface area contributed by atoms with Crippen molar-refractivity contribution in [3.8, 4) is 0 Å². The summed E-state index contributed by atoms with van der Waals surface area (Å²) >= 11 is 3.66. The standard InChI is InChI=1S/C14H22I2O4/c1-9(2)5-7-19-13(17)11(15)12(16)14(18)20-8-6-10(3)4/h9-10H,5-8H2,1-4H3/b12-11-. The van der Waals surface area contributed by atoms with Gasteiger partial charge in [-0.15, -0.1) is 0 Å². The highest BCUT2D eigenvalue weighted by molar-refractivity contribution is 14.1. The summed E-state index contributed by atoms with van der Waals surface area (Å²) < 4.78 is 10.8. The Morgan fingerprint density at radius 2 is 1.10 bits per heavy atom. The molecular weight excluding hydrogens is 486 g/mol. The van der Waals surface area contributed by atoms with Crippen LogP contribution in [0.4, 0.5) is 0 Å². The number of halogens is 2. The van der Waals surface area contributed by atoms with Crippen molar-refractivity contribution in [2.24, 2.45) is 11.8 Å². The zero-order valence-corrected chi connectivity index (χ0v) is 16.7. The quantitative estimate of drug-likeness (QED) is 0.280. The van der Waals surface area contributed by atoms with Crippen LogP contribution in [0.3, 0.4) is 0 Å². The zero-order chi connectivity index (χ0) is 15.7. The maximum atomic E-state index is 11.8. The van der Waals surface area contributed by atoms with Crippen LogP contribution in [0.1, 0.15) is 40.5 Å². The minimum absolute atomic E-state index is 0.279. The Kier molecular flexibility index (Phi) is 10.9. The van der Waals surface area contributed by atoms with Crippen molar-refractivity contribution in [3.63, 3.8) is 0 Å². The number of ether oxygens (including phenoxy) is 2. The van der Waals surface area contributed by atoms with Gasteiger partial charge in [-0.05, 0) is 69.9 Å². The van der Waals surface area contributed by atoms with E-state index < -0.39 is 11.9 Å². The first kappa shape index (κ1) is 20.1. The molecular formula is C14H22I2O4. The van der Waals surface area contributed by atoms with Crippen molar-refractivity contribution < 1.29 is 19.1 Å². The second kappa shape index (κ2) is 10.8. The highest BCUT2D eigenvalue weighted by Crippen LogP contribution is 2.22. The van der Waals surface area contributed by atoms with Crippen LogP contribution >= 0.6 is 45.2 Å². The van der Waals surface area contributed by atoms with Gasteiger partial charge in [-0.25, -0.2) is 9.59 Å². The molecule has 0 aromatic rings. The normalized spacial score (nSPS) is 12.4. The third-order valence-electron chi connectivity index (χ3n) is 2.41. The van der Waals surface area contributed by atoms with Crippen molar-refractivity contribution in [2.45, 2.75) is 40.5 Å². The highest BCUT2D eigenvalue weighted by Gasteiger charge is 2.19. The van der Waals surface area contributed by atoms with E-state index in [0.29, 0.717) is 25.0 Å². The molecule has 116 valence electrons. The number of carbonyl (C=O) groups is 2. The van der Waals surface area contributed by atoms with Gasteiger partial charge in [0.05, 0.1) is 13.2 Å². The van der Waals surface area contributed by atoms with E-state index in [9.17, 15) is 9.59 Å². The molecule has 0 amide bonds. The Morgan fingerprint density at radius 1 is 0.800 bits per heavy atom. The molecule has 0 fully saturated rings. The fraction of sp³-hybridized carbons (Fsp3) is 0.714. The molecule has 4 nitrogen and oxygen atoms in total. The van der Waals surface area contributed by atoms with Gasteiger partial charge < -0.3 is 9.47 Å². The van der Waals surface area contributed by atoms with Crippen molar-refractivity contribution >= 4 is 57.1 Å². The zero-order valence-electron chi connectivity index (χ0n) is 12.4. The number of esters is 2. The summed E-state index contributed by atoms with van der Waals surface area (Å²) in [6.07, 6.45) is 1.62. The molecule has 0 atom stereocenters. The first-order valence-electron chi connectivity index (χ1n) is 6.65. The number of carbonyl (C=O) groups excluding carboxylic acids is 2. The smallest absolute Gasteiger partial charge is 0.345 e. The molecule has 0 aliphatic carbocycles. The lowest BCUT2D eigenvalue weighted by Gasteiger charge is -2.09. The SMILES string of the molecule is CC(C)CCOC(=O)/C(I)=C(/I)C(=O)OCCC(C)C. The molecule has 0 bridgehead atoms. The summed E-state index contributed by atoms with van der Waals surface area (Å²) in [5, 5.41) is 0. The van der Waals surface area contributed by atoms with Gasteiger partial charge in [0.2, 0.25) is 0 Å². The largest absolute Gasteiger partial charge is 0.462 e. The monoisotopic (exact) mass is 508 g/mol. The van der Waals surface area contributed by atoms with Gasteiger partial charge in [-0.3, -0.25) is 0 Å². The van der Waals surface area contributed by atoms with Crippen molar-refractivity contribution in [1.82, 2.24) is 0 Å². The highest BCUT2D eigenvalue weighted by atomic mass is 127. The molecule has 0 N–H and O–H groups in total. The van der Waals surface area contributed by atoms with Gasteiger partial charge in [-0.1, -0.05) is 27.7 Å². The molecule has 6 heteroatoms. The Labute approximate surface area is 148 Å². The lowest BCUT2D eigenvalue weighted by molar-refractivity contribution is -0.141. The first-order chi connectivity index (χ1) is 9.25. The van der Waals surface area contributed by atoms with Gasteiger partial charge in [0.15, 0.2) is 0 Å². The van der Waals surface area contributed by atoms with Crippen LogP contribution in [0, 0.1) is 11.8 Å². The number of hydrogen-bond donors (Lipinski definition) is 0. The van der Waals surface area contributed by atoms with Crippen LogP contribution in [0.5, 0.6) is 0 Å². The predicted octanol–water partition coefficient (Wildman–Crippen LogP) is 4.25. The summed E-state index contributed by atoms with van der Waals surface area (Å²) in [7, 11) is 0. The topological polar surface area (TPSA) is 52.6 Å². The predicted molar refractivity (Wildman–Crippen MR) is 95.9 cm³/mol. The van der Waals surface area contributed by atoms with Crippen LogP contribution in [-0.2, 0) is 19.1 Å². The van der Waals surface area contributed by atoms with E-state index in [1.807, 2.05) is 45.2 Å². The number of rotatable bonds is 8. The lowest BCUT2D eigenvalue weighted by atomic mass is 10.1. The molecule has 0 rings (SSSR count). The molecule has 0 radical (unpaired) electrons. The van der Waals surface area contributed by atoms with E-state index in [0.717, 1.165) is 12.8 Å². The summed E-state index contributed by atoms with van der Waals surface area (Å²) in [4.78, 5) is 23.5. The van der Waals surface area contributed by atoms with Gasteiger partial charge in [0, 0.05) is 0 Å². The molecule has 0 aliphatic rings. The molecule has 0 heterocycles. The van der Waals surface area contributed by atoms with Crippen LogP contribution < -0.4 is 0 Å². The molecule has 0 aromatic heterocycles. The first-order valence-corrected chi connectivity index (χ1v) is 8.81. The van der Waals surface area contributed by atoms with Crippen molar-refractivity contribution in [2.75, 3.05) is 13.2 Å². The Morgan fingerprint density at radius 3 is 1.35 bits per heavy atom. The molecule has 0 saturated carbocycles. The molecule has 0 spiro atoms. The molecule has 0 aliphatic heterocycles. The molecule has 0 aromatic carbocycles. The maximum Gasteiger partial charge on any atom is 0.345 e. The third kappa shape index (κ3) is 9.15. The van der Waals surface area contributed by atoms with Gasteiger partial charge in [0.1, 0.15) is 7.16 Å². The molecule has 0 unspecified atom stereocenters. The second-order valence-electron chi connectivity index (χ2n) is 5.26.